The minimum Gasteiger partial charge on any atom is -0.486 e. The zero-order valence-electron chi connectivity index (χ0n) is 10.9. The summed E-state index contributed by atoms with van der Waals surface area (Å²) in [6.45, 7) is 3.37. The van der Waals surface area contributed by atoms with Gasteiger partial charge < -0.3 is 14.3 Å². The molecule has 0 aromatic heterocycles. The van der Waals surface area contributed by atoms with Crippen LogP contribution in [0.3, 0.4) is 0 Å². The van der Waals surface area contributed by atoms with Crippen molar-refractivity contribution in [1.82, 2.24) is 0 Å². The van der Waals surface area contributed by atoms with E-state index in [9.17, 15) is 13.6 Å². The van der Waals surface area contributed by atoms with Gasteiger partial charge >= 0.3 is 0 Å². The maximum atomic E-state index is 13.5. The van der Waals surface area contributed by atoms with Crippen molar-refractivity contribution in [3.05, 3.63) is 23.3 Å². The van der Waals surface area contributed by atoms with E-state index >= 15 is 0 Å². The van der Waals surface area contributed by atoms with Crippen molar-refractivity contribution in [3.8, 4) is 11.5 Å². The fraction of sp³-hybridized carbons (Fsp3) is 0.500. The average Bonchev–Trinajstić information content (AvgIpc) is 2.36. The maximum Gasteiger partial charge on any atom is 0.270 e. The molecule has 1 aliphatic heterocycles. The number of hydrogen-bond acceptors (Lipinski definition) is 3. The summed E-state index contributed by atoms with van der Waals surface area (Å²) >= 11 is 0. The van der Waals surface area contributed by atoms with E-state index < -0.39 is 5.92 Å². The van der Waals surface area contributed by atoms with Crippen molar-refractivity contribution in [1.29, 1.82) is 0 Å². The monoisotopic (exact) mass is 270 g/mol. The number of carbonyl (C=O) groups is 1. The lowest BCUT2D eigenvalue weighted by molar-refractivity contribution is -0.108. The number of ether oxygens (including phenoxy) is 2. The third-order valence-corrected chi connectivity index (χ3v) is 3.16. The zero-order chi connectivity index (χ0) is 14.0. The predicted octanol–water partition coefficient (Wildman–Crippen LogP) is 3.26. The van der Waals surface area contributed by atoms with Gasteiger partial charge in [0.05, 0.1) is 0 Å². The molecule has 0 saturated carbocycles. The molecule has 0 saturated heterocycles. The van der Waals surface area contributed by atoms with Crippen molar-refractivity contribution < 1.29 is 23.0 Å². The molecule has 1 aromatic rings. The number of alkyl halides is 2. The van der Waals surface area contributed by atoms with Crippen molar-refractivity contribution >= 4 is 6.29 Å². The fourth-order valence-electron chi connectivity index (χ4n) is 2.07. The molecule has 1 unspecified atom stereocenters. The van der Waals surface area contributed by atoms with Gasteiger partial charge in [-0.15, -0.1) is 0 Å². The Morgan fingerprint density at radius 3 is 2.68 bits per heavy atom. The van der Waals surface area contributed by atoms with Crippen LogP contribution in [0.1, 0.15) is 37.3 Å². The lowest BCUT2D eigenvalue weighted by atomic mass is 9.93. The van der Waals surface area contributed by atoms with Gasteiger partial charge in [-0.2, -0.15) is 0 Å². The SMILES string of the molecule is CC(CC=O)c1cc(C(C)(F)F)cc2c1OCCO2. The van der Waals surface area contributed by atoms with E-state index in [4.69, 9.17) is 9.47 Å². The van der Waals surface area contributed by atoms with Gasteiger partial charge in [0.25, 0.3) is 5.92 Å². The predicted molar refractivity (Wildman–Crippen MR) is 66.1 cm³/mol. The molecule has 19 heavy (non-hydrogen) atoms. The van der Waals surface area contributed by atoms with Crippen LogP contribution in [0, 0.1) is 0 Å². The largest absolute Gasteiger partial charge is 0.486 e. The van der Waals surface area contributed by atoms with Gasteiger partial charge in [0.2, 0.25) is 0 Å². The Morgan fingerprint density at radius 1 is 1.37 bits per heavy atom. The second-order valence-corrected chi connectivity index (χ2v) is 4.78. The molecule has 3 nitrogen and oxygen atoms in total. The third-order valence-electron chi connectivity index (χ3n) is 3.16. The number of aldehydes is 1. The van der Waals surface area contributed by atoms with Crippen molar-refractivity contribution in [2.24, 2.45) is 0 Å². The summed E-state index contributed by atoms with van der Waals surface area (Å²) in [6.07, 6.45) is 1.03. The van der Waals surface area contributed by atoms with Crippen LogP contribution in [-0.4, -0.2) is 19.5 Å². The topological polar surface area (TPSA) is 35.5 Å². The average molecular weight is 270 g/mol. The van der Waals surface area contributed by atoms with E-state index in [1.165, 1.54) is 12.1 Å². The Labute approximate surface area is 110 Å². The first-order valence-corrected chi connectivity index (χ1v) is 6.19. The van der Waals surface area contributed by atoms with Gasteiger partial charge in [-0.25, -0.2) is 8.78 Å². The summed E-state index contributed by atoms with van der Waals surface area (Å²) < 4.78 is 37.9. The zero-order valence-corrected chi connectivity index (χ0v) is 10.9. The van der Waals surface area contributed by atoms with Crippen molar-refractivity contribution in [3.63, 3.8) is 0 Å². The number of fused-ring (bicyclic) bond motifs is 1. The highest BCUT2D eigenvalue weighted by Gasteiger charge is 2.30. The maximum absolute atomic E-state index is 13.5. The Hall–Kier alpha value is -1.65. The summed E-state index contributed by atoms with van der Waals surface area (Å²) in [6, 6.07) is 2.72. The van der Waals surface area contributed by atoms with Crippen LogP contribution >= 0.6 is 0 Å². The Balaban J connectivity index is 2.52. The summed E-state index contributed by atoms with van der Waals surface area (Å²) in [7, 11) is 0. The van der Waals surface area contributed by atoms with Crippen LogP contribution in [0.25, 0.3) is 0 Å². The van der Waals surface area contributed by atoms with Gasteiger partial charge in [-0.1, -0.05) is 6.92 Å². The molecule has 5 heteroatoms. The quantitative estimate of drug-likeness (QED) is 0.788. The van der Waals surface area contributed by atoms with Crippen molar-refractivity contribution in [2.75, 3.05) is 13.2 Å². The number of rotatable bonds is 4. The van der Waals surface area contributed by atoms with Gasteiger partial charge in [0.1, 0.15) is 19.5 Å². The number of benzene rings is 1. The van der Waals surface area contributed by atoms with Crippen LogP contribution in [0.15, 0.2) is 12.1 Å². The van der Waals surface area contributed by atoms with E-state index in [0.717, 1.165) is 13.2 Å². The summed E-state index contributed by atoms with van der Waals surface area (Å²) in [5, 5.41) is 0. The summed E-state index contributed by atoms with van der Waals surface area (Å²) in [5.41, 5.74) is 0.477. The Morgan fingerprint density at radius 2 is 2.05 bits per heavy atom. The highest BCUT2D eigenvalue weighted by atomic mass is 19.3. The fourth-order valence-corrected chi connectivity index (χ4v) is 2.07. The molecule has 0 spiro atoms. The minimum absolute atomic E-state index is 0.121. The van der Waals surface area contributed by atoms with Gasteiger partial charge in [0, 0.05) is 24.5 Å². The molecule has 1 aliphatic rings. The molecule has 0 amide bonds. The second-order valence-electron chi connectivity index (χ2n) is 4.78. The van der Waals surface area contributed by atoms with E-state index in [2.05, 4.69) is 0 Å². The molecule has 1 heterocycles. The van der Waals surface area contributed by atoms with Crippen LogP contribution < -0.4 is 9.47 Å². The highest BCUT2D eigenvalue weighted by Crippen LogP contribution is 2.43. The number of halogens is 2. The molecule has 0 aliphatic carbocycles. The van der Waals surface area contributed by atoms with E-state index in [1.807, 2.05) is 0 Å². The molecule has 1 atom stereocenters. The van der Waals surface area contributed by atoms with Crippen LogP contribution in [0.5, 0.6) is 11.5 Å². The van der Waals surface area contributed by atoms with Crippen molar-refractivity contribution in [2.45, 2.75) is 32.1 Å². The first kappa shape index (κ1) is 13.8. The van der Waals surface area contributed by atoms with Crippen LogP contribution in [0.2, 0.25) is 0 Å². The smallest absolute Gasteiger partial charge is 0.270 e. The molecule has 0 bridgehead atoms. The Kier molecular flexibility index (Phi) is 3.73. The molecule has 104 valence electrons. The van der Waals surface area contributed by atoms with Crippen LogP contribution in [0.4, 0.5) is 8.78 Å². The first-order valence-electron chi connectivity index (χ1n) is 6.19. The highest BCUT2D eigenvalue weighted by molar-refractivity contribution is 5.56. The number of carbonyl (C=O) groups excluding carboxylic acids is 1. The van der Waals surface area contributed by atoms with E-state index in [0.29, 0.717) is 30.3 Å². The lowest BCUT2D eigenvalue weighted by Gasteiger charge is -2.25. The Bertz CT molecular complexity index is 480. The van der Waals surface area contributed by atoms with Gasteiger partial charge in [0.15, 0.2) is 11.5 Å². The molecule has 0 fully saturated rings. The van der Waals surface area contributed by atoms with Gasteiger partial charge in [-0.3, -0.25) is 0 Å². The number of hydrogen-bond donors (Lipinski definition) is 0. The normalized spacial score (nSPS) is 16.0. The van der Waals surface area contributed by atoms with E-state index in [1.54, 1.807) is 6.92 Å². The van der Waals surface area contributed by atoms with Gasteiger partial charge in [-0.05, 0) is 18.1 Å². The summed E-state index contributed by atoms with van der Waals surface area (Å²) in [5.74, 6) is -2.33. The molecule has 2 rings (SSSR count). The first-order chi connectivity index (χ1) is 8.93. The molecular weight excluding hydrogens is 254 g/mol. The standard InChI is InChI=1S/C14H16F2O3/c1-9(3-4-17)11-7-10(14(2,15)16)8-12-13(11)19-6-5-18-12/h4,7-9H,3,5-6H2,1-2H3. The lowest BCUT2D eigenvalue weighted by Crippen LogP contribution is -2.19. The molecular formula is C14H16F2O3. The summed E-state index contributed by atoms with van der Waals surface area (Å²) in [4.78, 5) is 10.6. The molecule has 1 aromatic carbocycles. The molecule has 0 radical (unpaired) electrons. The second kappa shape index (κ2) is 5.15. The minimum atomic E-state index is -2.95. The van der Waals surface area contributed by atoms with E-state index in [-0.39, 0.29) is 17.9 Å². The molecule has 0 N–H and O–H groups in total. The van der Waals surface area contributed by atoms with Crippen LogP contribution in [-0.2, 0) is 10.7 Å². The third kappa shape index (κ3) is 2.85.